The fourth-order valence-electron chi connectivity index (χ4n) is 3.37. The van der Waals surface area contributed by atoms with Crippen LogP contribution in [0.2, 0.25) is 0 Å². The number of hydrogen-bond donors (Lipinski definition) is 1. The molecular weight excluding hydrogens is 426 g/mol. The van der Waals surface area contributed by atoms with E-state index in [9.17, 15) is 14.4 Å². The summed E-state index contributed by atoms with van der Waals surface area (Å²) in [6.45, 7) is 6.30. The number of amides is 2. The Morgan fingerprint density at radius 2 is 1.82 bits per heavy atom. The second kappa shape index (κ2) is 7.58. The first-order valence-corrected chi connectivity index (χ1v) is 9.98. The van der Waals surface area contributed by atoms with Crippen molar-refractivity contribution in [2.75, 3.05) is 13.1 Å². The van der Waals surface area contributed by atoms with Crippen molar-refractivity contribution in [1.29, 1.82) is 0 Å². The summed E-state index contributed by atoms with van der Waals surface area (Å²) in [6.07, 6.45) is 2.10. The Labute approximate surface area is 171 Å². The van der Waals surface area contributed by atoms with Crippen LogP contribution in [-0.4, -0.2) is 46.1 Å². The lowest BCUT2D eigenvalue weighted by Crippen LogP contribution is -2.41. The summed E-state index contributed by atoms with van der Waals surface area (Å²) in [6, 6.07) is 5.41. The molecule has 1 aliphatic rings. The van der Waals surface area contributed by atoms with Crippen LogP contribution in [0.3, 0.4) is 0 Å². The van der Waals surface area contributed by atoms with Crippen molar-refractivity contribution in [3.8, 4) is 0 Å². The zero-order chi connectivity index (χ0) is 20.6. The number of nitrogens with two attached hydrogens (primary N) is 1. The number of piperidine rings is 1. The third-order valence-corrected chi connectivity index (χ3v) is 5.26. The van der Waals surface area contributed by atoms with Gasteiger partial charge in [-0.2, -0.15) is 0 Å². The first-order chi connectivity index (χ1) is 13.1. The van der Waals surface area contributed by atoms with Gasteiger partial charge in [-0.05, 0) is 51.8 Å². The molecule has 2 heterocycles. The molecule has 2 aromatic rings. The van der Waals surface area contributed by atoms with Crippen molar-refractivity contribution in [1.82, 2.24) is 9.47 Å². The molecule has 0 atom stereocenters. The molecule has 0 saturated carbocycles. The summed E-state index contributed by atoms with van der Waals surface area (Å²) in [5, 5.41) is 0.669. The Morgan fingerprint density at radius 1 is 1.18 bits per heavy atom. The van der Waals surface area contributed by atoms with Crippen LogP contribution >= 0.6 is 15.9 Å². The van der Waals surface area contributed by atoms with Gasteiger partial charge >= 0.3 is 6.09 Å². The molecule has 2 N–H and O–H groups in total. The van der Waals surface area contributed by atoms with Gasteiger partial charge in [0, 0.05) is 35.1 Å². The van der Waals surface area contributed by atoms with Gasteiger partial charge < -0.3 is 15.4 Å². The Kier molecular flexibility index (Phi) is 5.52. The van der Waals surface area contributed by atoms with Gasteiger partial charge in [0.15, 0.2) is 0 Å². The van der Waals surface area contributed by atoms with E-state index in [1.165, 1.54) is 10.8 Å². The Balaban J connectivity index is 1.95. The van der Waals surface area contributed by atoms with E-state index in [2.05, 4.69) is 15.9 Å². The molecule has 1 aromatic heterocycles. The number of halogens is 1. The van der Waals surface area contributed by atoms with E-state index < -0.39 is 11.7 Å². The molecule has 7 nitrogen and oxygen atoms in total. The molecule has 1 saturated heterocycles. The van der Waals surface area contributed by atoms with E-state index in [-0.39, 0.29) is 17.7 Å². The summed E-state index contributed by atoms with van der Waals surface area (Å²) in [5.41, 5.74) is 5.76. The zero-order valence-corrected chi connectivity index (χ0v) is 17.8. The molecular formula is C20H24BrN3O4. The average molecular weight is 450 g/mol. The molecule has 0 aliphatic carbocycles. The number of rotatable bonds is 2. The van der Waals surface area contributed by atoms with Crippen LogP contribution < -0.4 is 5.73 Å². The number of hydrogen-bond acceptors (Lipinski definition) is 4. The van der Waals surface area contributed by atoms with Crippen molar-refractivity contribution in [3.63, 3.8) is 0 Å². The lowest BCUT2D eigenvalue weighted by Gasteiger charge is -2.30. The van der Waals surface area contributed by atoms with Crippen molar-refractivity contribution in [2.45, 2.75) is 39.2 Å². The molecule has 0 bridgehead atoms. The van der Waals surface area contributed by atoms with Gasteiger partial charge in [-0.15, -0.1) is 0 Å². The highest BCUT2D eigenvalue weighted by molar-refractivity contribution is 9.10. The fourth-order valence-corrected chi connectivity index (χ4v) is 3.73. The van der Waals surface area contributed by atoms with Gasteiger partial charge in [0.2, 0.25) is 5.91 Å². The monoisotopic (exact) mass is 449 g/mol. The number of carbonyl (C=O) groups excluding carboxylic acids is 3. The minimum Gasteiger partial charge on any atom is -0.443 e. The fraction of sp³-hybridized carbons (Fsp3) is 0.450. The minimum absolute atomic E-state index is 0.173. The maximum Gasteiger partial charge on any atom is 0.419 e. The normalized spacial score (nSPS) is 15.6. The van der Waals surface area contributed by atoms with Crippen LogP contribution in [0.4, 0.5) is 4.79 Å². The highest BCUT2D eigenvalue weighted by Gasteiger charge is 2.29. The van der Waals surface area contributed by atoms with E-state index in [1.54, 1.807) is 31.7 Å². The highest BCUT2D eigenvalue weighted by atomic mass is 79.9. The number of aromatic nitrogens is 1. The van der Waals surface area contributed by atoms with Crippen molar-refractivity contribution < 1.29 is 19.1 Å². The molecule has 150 valence electrons. The van der Waals surface area contributed by atoms with Crippen molar-refractivity contribution in [2.24, 2.45) is 11.7 Å². The SMILES string of the molecule is CC(C)(C)OC(=O)n1cc(C(=O)N2CCC(C(N)=O)CC2)c2cc(Br)ccc21. The number of primary amides is 1. The summed E-state index contributed by atoms with van der Waals surface area (Å²) >= 11 is 3.43. The van der Waals surface area contributed by atoms with Gasteiger partial charge in [0.1, 0.15) is 5.60 Å². The standard InChI is InChI=1S/C20H24BrN3O4/c1-20(2,3)28-19(27)24-11-15(14-10-13(21)4-5-16(14)24)18(26)23-8-6-12(7-9-23)17(22)25/h4-5,10-12H,6-9H2,1-3H3,(H2,22,25). The average Bonchev–Trinajstić information content (AvgIpc) is 2.98. The molecule has 0 radical (unpaired) electrons. The third kappa shape index (κ3) is 4.22. The van der Waals surface area contributed by atoms with Crippen LogP contribution in [-0.2, 0) is 9.53 Å². The molecule has 3 rings (SSSR count). The highest BCUT2D eigenvalue weighted by Crippen LogP contribution is 2.28. The number of carbonyl (C=O) groups is 3. The van der Waals surface area contributed by atoms with Gasteiger partial charge in [-0.25, -0.2) is 4.79 Å². The zero-order valence-electron chi connectivity index (χ0n) is 16.2. The number of likely N-dealkylation sites (tertiary alicyclic amines) is 1. The molecule has 0 unspecified atom stereocenters. The van der Waals surface area contributed by atoms with Gasteiger partial charge in [0.25, 0.3) is 5.91 Å². The lowest BCUT2D eigenvalue weighted by molar-refractivity contribution is -0.123. The number of benzene rings is 1. The van der Waals surface area contributed by atoms with E-state index in [1.807, 2.05) is 12.1 Å². The summed E-state index contributed by atoms with van der Waals surface area (Å²) in [7, 11) is 0. The molecule has 28 heavy (non-hydrogen) atoms. The Hall–Kier alpha value is -2.35. The Morgan fingerprint density at radius 3 is 2.39 bits per heavy atom. The predicted molar refractivity (Wildman–Crippen MR) is 109 cm³/mol. The first kappa shape index (κ1) is 20.4. The Bertz CT molecular complexity index is 937. The summed E-state index contributed by atoms with van der Waals surface area (Å²) < 4.78 is 7.66. The lowest BCUT2D eigenvalue weighted by atomic mass is 9.96. The van der Waals surface area contributed by atoms with E-state index in [0.717, 1.165) is 4.47 Å². The topological polar surface area (TPSA) is 94.6 Å². The minimum atomic E-state index is -0.649. The van der Waals surface area contributed by atoms with E-state index in [0.29, 0.717) is 42.4 Å². The van der Waals surface area contributed by atoms with Gasteiger partial charge in [-0.3, -0.25) is 14.2 Å². The van der Waals surface area contributed by atoms with Crippen LogP contribution in [0.1, 0.15) is 44.0 Å². The number of fused-ring (bicyclic) bond motifs is 1. The molecule has 1 fully saturated rings. The molecule has 1 aliphatic heterocycles. The molecule has 2 amide bonds. The van der Waals surface area contributed by atoms with Crippen LogP contribution in [0.25, 0.3) is 10.9 Å². The van der Waals surface area contributed by atoms with Crippen molar-refractivity contribution in [3.05, 3.63) is 34.4 Å². The smallest absolute Gasteiger partial charge is 0.419 e. The predicted octanol–water partition coefficient (Wildman–Crippen LogP) is 3.52. The number of ether oxygens (including phenoxy) is 1. The maximum absolute atomic E-state index is 13.2. The van der Waals surface area contributed by atoms with Crippen LogP contribution in [0.15, 0.2) is 28.9 Å². The molecule has 0 spiro atoms. The van der Waals surface area contributed by atoms with E-state index >= 15 is 0 Å². The maximum atomic E-state index is 13.2. The molecule has 8 heteroatoms. The number of nitrogens with zero attached hydrogens (tertiary/aromatic N) is 2. The summed E-state index contributed by atoms with van der Waals surface area (Å²) in [5.74, 6) is -0.688. The van der Waals surface area contributed by atoms with Crippen LogP contribution in [0.5, 0.6) is 0 Å². The van der Waals surface area contributed by atoms with E-state index in [4.69, 9.17) is 10.5 Å². The quantitative estimate of drug-likeness (QED) is 0.758. The van der Waals surface area contributed by atoms with Gasteiger partial charge in [-0.1, -0.05) is 15.9 Å². The second-order valence-electron chi connectivity index (χ2n) is 8.02. The second-order valence-corrected chi connectivity index (χ2v) is 8.94. The van der Waals surface area contributed by atoms with Crippen molar-refractivity contribution >= 4 is 44.7 Å². The summed E-state index contributed by atoms with van der Waals surface area (Å²) in [4.78, 5) is 38.9. The molecule has 1 aromatic carbocycles. The largest absolute Gasteiger partial charge is 0.443 e. The van der Waals surface area contributed by atoms with Gasteiger partial charge in [0.05, 0.1) is 11.1 Å². The van der Waals surface area contributed by atoms with Crippen LogP contribution in [0, 0.1) is 5.92 Å². The first-order valence-electron chi connectivity index (χ1n) is 9.19. The third-order valence-electron chi connectivity index (χ3n) is 4.77.